The van der Waals surface area contributed by atoms with Gasteiger partial charge >= 0.3 is 0 Å². The molecule has 0 aliphatic rings. The maximum atomic E-state index is 3.09. The number of allylic oxidation sites excluding steroid dienone is 2. The fourth-order valence-electron chi connectivity index (χ4n) is 3.00. The molecule has 1 rings (SSSR count). The van der Waals surface area contributed by atoms with Crippen molar-refractivity contribution in [2.24, 2.45) is 0 Å². The molecule has 0 aliphatic carbocycles. The number of unbranched alkanes of at least 4 members (excludes halogenated alkanes) is 12. The first kappa shape index (κ1) is 20.0. The van der Waals surface area contributed by atoms with Crippen LogP contribution in [-0.4, -0.2) is 4.98 Å². The van der Waals surface area contributed by atoms with E-state index in [9.17, 15) is 0 Å². The van der Waals surface area contributed by atoms with E-state index >= 15 is 0 Å². The van der Waals surface area contributed by atoms with Crippen molar-refractivity contribution in [1.29, 1.82) is 0 Å². The van der Waals surface area contributed by atoms with Gasteiger partial charge < -0.3 is 0 Å². The Kier molecular flexibility index (Phi) is 13.8. The lowest BCUT2D eigenvalue weighted by Gasteiger charge is -2.00. The predicted octanol–water partition coefficient (Wildman–Crippen LogP) is 6.34. The molecule has 0 spiro atoms. The first-order valence-electron chi connectivity index (χ1n) is 10.1. The van der Waals surface area contributed by atoms with E-state index in [0.717, 1.165) is 6.54 Å². The highest BCUT2D eigenvalue weighted by Gasteiger charge is 1.96. The molecule has 1 aromatic heterocycles. The molecule has 1 heterocycles. The summed E-state index contributed by atoms with van der Waals surface area (Å²) in [7, 11) is 0. The zero-order valence-electron chi connectivity index (χ0n) is 15.4. The molecule has 132 valence electrons. The molecule has 0 fully saturated rings. The van der Waals surface area contributed by atoms with Crippen molar-refractivity contribution in [2.45, 2.75) is 103 Å². The molecular weight excluding hydrogens is 280 g/mol. The van der Waals surface area contributed by atoms with E-state index in [4.69, 9.17) is 0 Å². The SMILES string of the molecule is CCCCCCCCC=CCCCCCCCC[n+]1cc[nH]c1. The van der Waals surface area contributed by atoms with Crippen molar-refractivity contribution in [2.75, 3.05) is 0 Å². The molecule has 0 amide bonds. The number of aromatic amines is 1. The van der Waals surface area contributed by atoms with Gasteiger partial charge in [-0.2, -0.15) is 0 Å². The topological polar surface area (TPSA) is 19.7 Å². The van der Waals surface area contributed by atoms with Crippen LogP contribution < -0.4 is 4.57 Å². The molecule has 0 saturated heterocycles. The van der Waals surface area contributed by atoms with Crippen molar-refractivity contribution in [3.05, 3.63) is 30.9 Å². The number of rotatable bonds is 16. The van der Waals surface area contributed by atoms with E-state index in [0.29, 0.717) is 0 Å². The second-order valence-corrected chi connectivity index (χ2v) is 6.79. The van der Waals surface area contributed by atoms with Gasteiger partial charge in [-0.25, -0.2) is 4.57 Å². The molecule has 0 atom stereocenters. The van der Waals surface area contributed by atoms with E-state index in [1.807, 2.05) is 12.5 Å². The monoisotopic (exact) mass is 319 g/mol. The lowest BCUT2D eigenvalue weighted by atomic mass is 10.1. The maximum absolute atomic E-state index is 3.09. The molecule has 0 unspecified atom stereocenters. The third kappa shape index (κ3) is 13.1. The lowest BCUT2D eigenvalue weighted by molar-refractivity contribution is -0.696. The van der Waals surface area contributed by atoms with Crippen LogP contribution in [0.3, 0.4) is 0 Å². The highest BCUT2D eigenvalue weighted by Crippen LogP contribution is 2.09. The molecule has 1 N–H and O–H groups in total. The number of aromatic nitrogens is 2. The molecular formula is C21H39N2+. The average Bonchev–Trinajstić information content (AvgIpc) is 3.08. The van der Waals surface area contributed by atoms with Gasteiger partial charge in [0, 0.05) is 0 Å². The van der Waals surface area contributed by atoms with Crippen molar-refractivity contribution in [3.63, 3.8) is 0 Å². The number of H-pyrrole nitrogens is 1. The average molecular weight is 320 g/mol. The lowest BCUT2D eigenvalue weighted by Crippen LogP contribution is -2.30. The molecule has 0 radical (unpaired) electrons. The fourth-order valence-corrected chi connectivity index (χ4v) is 3.00. The smallest absolute Gasteiger partial charge is 0.241 e. The summed E-state index contributed by atoms with van der Waals surface area (Å²) in [5, 5.41) is 0. The summed E-state index contributed by atoms with van der Waals surface area (Å²) in [6.07, 6.45) is 30.2. The highest BCUT2D eigenvalue weighted by atomic mass is 15.0. The predicted molar refractivity (Wildman–Crippen MR) is 100 cm³/mol. The number of aryl methyl sites for hydroxylation is 1. The Balaban J connectivity index is 1.73. The number of imidazole rings is 1. The van der Waals surface area contributed by atoms with Gasteiger partial charge in [-0.3, -0.25) is 4.98 Å². The second kappa shape index (κ2) is 15.8. The summed E-state index contributed by atoms with van der Waals surface area (Å²) in [6, 6.07) is 0. The zero-order valence-corrected chi connectivity index (χ0v) is 15.4. The van der Waals surface area contributed by atoms with Gasteiger partial charge in [0.05, 0.1) is 6.54 Å². The second-order valence-electron chi connectivity index (χ2n) is 6.79. The van der Waals surface area contributed by atoms with Gasteiger partial charge in [0.15, 0.2) is 0 Å². The first-order chi connectivity index (χ1) is 11.4. The Morgan fingerprint density at radius 3 is 1.87 bits per heavy atom. The molecule has 23 heavy (non-hydrogen) atoms. The summed E-state index contributed by atoms with van der Waals surface area (Å²) in [4.78, 5) is 3.09. The number of hydrogen-bond donors (Lipinski definition) is 1. The first-order valence-corrected chi connectivity index (χ1v) is 10.1. The van der Waals surface area contributed by atoms with Gasteiger partial charge in [-0.15, -0.1) is 0 Å². The summed E-state index contributed by atoms with van der Waals surface area (Å²) in [5.74, 6) is 0. The number of hydrogen-bond acceptors (Lipinski definition) is 0. The maximum Gasteiger partial charge on any atom is 0.241 e. The van der Waals surface area contributed by atoms with Crippen molar-refractivity contribution >= 4 is 0 Å². The van der Waals surface area contributed by atoms with Crippen molar-refractivity contribution in [1.82, 2.24) is 4.98 Å². The Hall–Kier alpha value is -1.05. The van der Waals surface area contributed by atoms with Crippen LogP contribution >= 0.6 is 0 Å². The van der Waals surface area contributed by atoms with Gasteiger partial charge in [-0.05, 0) is 38.5 Å². The van der Waals surface area contributed by atoms with Crippen LogP contribution in [-0.2, 0) is 6.54 Å². The van der Waals surface area contributed by atoms with Gasteiger partial charge in [0.1, 0.15) is 12.4 Å². The third-order valence-electron chi connectivity index (χ3n) is 4.53. The highest BCUT2D eigenvalue weighted by molar-refractivity contribution is 4.81. The molecule has 0 aromatic carbocycles. The summed E-state index contributed by atoms with van der Waals surface area (Å²) in [6.45, 7) is 3.44. The molecule has 2 nitrogen and oxygen atoms in total. The largest absolute Gasteiger partial charge is 0.250 e. The Morgan fingerprint density at radius 1 is 0.739 bits per heavy atom. The van der Waals surface area contributed by atoms with Gasteiger partial charge in [-0.1, -0.05) is 70.4 Å². The quantitative estimate of drug-likeness (QED) is 0.208. The van der Waals surface area contributed by atoms with Crippen LogP contribution in [0, 0.1) is 0 Å². The van der Waals surface area contributed by atoms with E-state index in [-0.39, 0.29) is 0 Å². The number of nitrogens with zero attached hydrogens (tertiary/aromatic N) is 1. The van der Waals surface area contributed by atoms with Crippen LogP contribution in [0.4, 0.5) is 0 Å². The van der Waals surface area contributed by atoms with Crippen LogP contribution in [0.15, 0.2) is 30.9 Å². The van der Waals surface area contributed by atoms with E-state index in [1.54, 1.807) is 0 Å². The number of nitrogens with one attached hydrogen (secondary N) is 1. The zero-order chi connectivity index (χ0) is 16.4. The molecule has 2 heteroatoms. The van der Waals surface area contributed by atoms with Crippen LogP contribution in [0.2, 0.25) is 0 Å². The Morgan fingerprint density at radius 2 is 1.30 bits per heavy atom. The molecule has 0 bridgehead atoms. The van der Waals surface area contributed by atoms with Crippen LogP contribution in [0.25, 0.3) is 0 Å². The standard InChI is InChI=1S/C21H38N2/c1-2-3-4-5-6-7-8-9-10-11-12-13-14-15-16-17-19-23-20-18-22-21-23/h9-10,18,20-21H,2-8,11-17,19H2,1H3/p+1. The van der Waals surface area contributed by atoms with Gasteiger partial charge in [0.25, 0.3) is 0 Å². The minimum absolute atomic E-state index is 1.16. The van der Waals surface area contributed by atoms with Crippen LogP contribution in [0.1, 0.15) is 96.8 Å². The van der Waals surface area contributed by atoms with Crippen LogP contribution in [0.5, 0.6) is 0 Å². The van der Waals surface area contributed by atoms with E-state index in [2.05, 4.69) is 34.8 Å². The fraction of sp³-hybridized carbons (Fsp3) is 0.762. The van der Waals surface area contributed by atoms with Gasteiger partial charge in [0.2, 0.25) is 6.33 Å². The molecule has 1 aromatic rings. The summed E-state index contributed by atoms with van der Waals surface area (Å²) >= 11 is 0. The Labute approximate surface area is 144 Å². The minimum Gasteiger partial charge on any atom is -0.250 e. The summed E-state index contributed by atoms with van der Waals surface area (Å²) in [5.41, 5.74) is 0. The Bertz CT molecular complexity index is 354. The third-order valence-corrected chi connectivity index (χ3v) is 4.53. The molecule has 0 aliphatic heterocycles. The van der Waals surface area contributed by atoms with E-state index < -0.39 is 0 Å². The minimum atomic E-state index is 1.16. The van der Waals surface area contributed by atoms with Crippen molar-refractivity contribution < 1.29 is 4.57 Å². The molecule has 0 saturated carbocycles. The van der Waals surface area contributed by atoms with E-state index in [1.165, 1.54) is 89.9 Å². The van der Waals surface area contributed by atoms with Crippen molar-refractivity contribution in [3.8, 4) is 0 Å². The normalized spacial score (nSPS) is 11.5. The summed E-state index contributed by atoms with van der Waals surface area (Å²) < 4.78 is 2.23.